The third-order valence-electron chi connectivity index (χ3n) is 6.25. The number of carbonyl (C=O) groups is 1. The minimum Gasteiger partial charge on any atom is -0.341 e. The molecule has 28 heavy (non-hydrogen) atoms. The number of anilines is 1. The summed E-state index contributed by atoms with van der Waals surface area (Å²) in [4.78, 5) is 25.1. The maximum Gasteiger partial charge on any atom is 0.317 e. The maximum absolute atomic E-state index is 13.1. The first-order valence-electron chi connectivity index (χ1n) is 9.99. The number of nitrogens with zero attached hydrogens (tertiary/aromatic N) is 4. The molecule has 1 spiro atoms. The van der Waals surface area contributed by atoms with E-state index in [0.717, 1.165) is 45.3 Å². The lowest BCUT2D eigenvalue weighted by Gasteiger charge is -2.48. The van der Waals surface area contributed by atoms with Gasteiger partial charge in [0.2, 0.25) is 5.95 Å². The number of rotatable bonds is 2. The molecule has 1 N–H and O–H groups in total. The Morgan fingerprint density at radius 1 is 1.14 bits per heavy atom. The molecule has 1 aromatic heterocycles. The number of fused-ring (bicyclic) bond motifs is 2. The monoisotopic (exact) mass is 381 g/mol. The summed E-state index contributed by atoms with van der Waals surface area (Å²) in [5.74, 6) is 0.152. The van der Waals surface area contributed by atoms with Crippen LogP contribution in [-0.4, -0.2) is 46.6 Å². The fourth-order valence-electron chi connectivity index (χ4n) is 4.56. The molecule has 0 bridgehead atoms. The van der Waals surface area contributed by atoms with Crippen molar-refractivity contribution in [1.82, 2.24) is 20.2 Å². The highest BCUT2D eigenvalue weighted by Gasteiger charge is 2.43. The molecule has 6 nitrogen and oxygen atoms in total. The number of amides is 2. The molecule has 2 aromatic rings. The highest BCUT2D eigenvalue weighted by Crippen LogP contribution is 2.42. The van der Waals surface area contributed by atoms with Crippen LogP contribution in [0.3, 0.4) is 0 Å². The molecule has 5 rings (SSSR count). The predicted octanol–water partition coefficient (Wildman–Crippen LogP) is 2.84. The van der Waals surface area contributed by atoms with Gasteiger partial charge in [0.15, 0.2) is 5.82 Å². The fourth-order valence-corrected chi connectivity index (χ4v) is 4.56. The highest BCUT2D eigenvalue weighted by molar-refractivity contribution is 5.75. The van der Waals surface area contributed by atoms with Crippen molar-refractivity contribution in [2.24, 2.45) is 0 Å². The number of urea groups is 1. The Morgan fingerprint density at radius 3 is 2.57 bits per heavy atom. The van der Waals surface area contributed by atoms with Gasteiger partial charge in [0.25, 0.3) is 0 Å². The van der Waals surface area contributed by atoms with Crippen LogP contribution < -0.4 is 10.2 Å². The average Bonchev–Trinajstić information content (AvgIpc) is 3.53. The molecule has 0 unspecified atom stereocenters. The van der Waals surface area contributed by atoms with E-state index in [1.54, 1.807) is 0 Å². The Kier molecular flexibility index (Phi) is 4.18. The van der Waals surface area contributed by atoms with Crippen molar-refractivity contribution in [3.63, 3.8) is 0 Å². The van der Waals surface area contributed by atoms with Gasteiger partial charge in [0.05, 0.1) is 12.4 Å². The van der Waals surface area contributed by atoms with Gasteiger partial charge in [0, 0.05) is 37.6 Å². The van der Waals surface area contributed by atoms with E-state index in [0.29, 0.717) is 18.5 Å². The molecule has 2 fully saturated rings. The zero-order valence-electron chi connectivity index (χ0n) is 15.8. The van der Waals surface area contributed by atoms with Gasteiger partial charge >= 0.3 is 6.03 Å². The Hall–Kier alpha value is -2.70. The van der Waals surface area contributed by atoms with Crippen LogP contribution in [0.5, 0.6) is 0 Å². The molecule has 1 aliphatic carbocycles. The topological polar surface area (TPSA) is 61.4 Å². The van der Waals surface area contributed by atoms with Gasteiger partial charge in [0.1, 0.15) is 0 Å². The average molecular weight is 381 g/mol. The summed E-state index contributed by atoms with van der Waals surface area (Å²) in [6.45, 7) is 2.98. The first kappa shape index (κ1) is 17.4. The Labute approximate surface area is 163 Å². The maximum atomic E-state index is 13.1. The summed E-state index contributed by atoms with van der Waals surface area (Å²) in [7, 11) is 0. The van der Waals surface area contributed by atoms with E-state index < -0.39 is 5.82 Å². The number of benzene rings is 1. The molecule has 2 amide bonds. The molecule has 0 atom stereocenters. The van der Waals surface area contributed by atoms with Gasteiger partial charge in [-0.05, 0) is 36.8 Å². The molecule has 1 aromatic carbocycles. The molecule has 146 valence electrons. The lowest BCUT2D eigenvalue weighted by Crippen LogP contribution is -2.55. The number of nitrogens with one attached hydrogen (secondary N) is 1. The van der Waals surface area contributed by atoms with Crippen molar-refractivity contribution in [2.45, 2.75) is 43.7 Å². The SMILES string of the molecule is O=C(NC1CC1)N1Cc2ccccc2C2(CCN(c3ncc(F)cn3)CC2)C1. The van der Waals surface area contributed by atoms with Crippen LogP contribution in [0.15, 0.2) is 36.7 Å². The number of hydrogen-bond donors (Lipinski definition) is 1. The van der Waals surface area contributed by atoms with Crippen LogP contribution in [0.25, 0.3) is 0 Å². The number of hydrogen-bond acceptors (Lipinski definition) is 4. The van der Waals surface area contributed by atoms with Crippen LogP contribution in [0, 0.1) is 5.82 Å². The van der Waals surface area contributed by atoms with Gasteiger partial charge < -0.3 is 15.1 Å². The summed E-state index contributed by atoms with van der Waals surface area (Å²) in [5.41, 5.74) is 2.56. The normalized spacial score (nSPS) is 20.8. The molecular formula is C21H24FN5O. The first-order chi connectivity index (χ1) is 13.6. The van der Waals surface area contributed by atoms with Crippen molar-refractivity contribution >= 4 is 12.0 Å². The zero-order chi connectivity index (χ0) is 19.1. The second-order valence-corrected chi connectivity index (χ2v) is 8.21. The van der Waals surface area contributed by atoms with Crippen molar-refractivity contribution in [1.29, 1.82) is 0 Å². The molecular weight excluding hydrogens is 357 g/mol. The van der Waals surface area contributed by atoms with Gasteiger partial charge in [-0.3, -0.25) is 0 Å². The quantitative estimate of drug-likeness (QED) is 0.869. The Morgan fingerprint density at radius 2 is 1.86 bits per heavy atom. The summed E-state index contributed by atoms with van der Waals surface area (Å²) < 4.78 is 13.1. The number of aromatic nitrogens is 2. The molecule has 0 radical (unpaired) electrons. The van der Waals surface area contributed by atoms with Crippen LogP contribution in [0.4, 0.5) is 15.1 Å². The first-order valence-corrected chi connectivity index (χ1v) is 9.99. The standard InChI is InChI=1S/C21H24FN5O/c22-16-11-23-19(24-12-16)26-9-7-21(8-10-26)14-27(20(28)25-17-5-6-17)13-15-3-1-2-4-18(15)21/h1-4,11-12,17H,5-10,13-14H2,(H,25,28). The molecule has 1 saturated heterocycles. The number of piperidine rings is 1. The molecule has 7 heteroatoms. The van der Waals surface area contributed by atoms with E-state index in [4.69, 9.17) is 0 Å². The summed E-state index contributed by atoms with van der Waals surface area (Å²) >= 11 is 0. The van der Waals surface area contributed by atoms with Crippen molar-refractivity contribution in [3.05, 3.63) is 53.6 Å². The van der Waals surface area contributed by atoms with Gasteiger partial charge in [-0.1, -0.05) is 24.3 Å². The Bertz CT molecular complexity index is 875. The summed E-state index contributed by atoms with van der Waals surface area (Å²) in [6.07, 6.45) is 6.44. The van der Waals surface area contributed by atoms with Crippen molar-refractivity contribution in [2.75, 3.05) is 24.5 Å². The molecule has 1 saturated carbocycles. The van der Waals surface area contributed by atoms with Crippen LogP contribution in [0.1, 0.15) is 36.8 Å². The predicted molar refractivity (Wildman–Crippen MR) is 104 cm³/mol. The number of carbonyl (C=O) groups excluding carboxylic acids is 1. The minimum atomic E-state index is -0.421. The van der Waals surface area contributed by atoms with Crippen molar-refractivity contribution in [3.8, 4) is 0 Å². The lowest BCUT2D eigenvalue weighted by atomic mass is 9.69. The van der Waals surface area contributed by atoms with E-state index in [-0.39, 0.29) is 11.4 Å². The van der Waals surface area contributed by atoms with Crippen LogP contribution in [0.2, 0.25) is 0 Å². The summed E-state index contributed by atoms with van der Waals surface area (Å²) in [5, 5.41) is 3.14. The molecule has 3 heterocycles. The van der Waals surface area contributed by atoms with E-state index in [1.807, 2.05) is 4.90 Å². The highest BCUT2D eigenvalue weighted by atomic mass is 19.1. The van der Waals surface area contributed by atoms with Crippen LogP contribution >= 0.6 is 0 Å². The summed E-state index contributed by atoms with van der Waals surface area (Å²) in [6, 6.07) is 8.92. The van der Waals surface area contributed by atoms with Crippen molar-refractivity contribution < 1.29 is 9.18 Å². The van der Waals surface area contributed by atoms with Gasteiger partial charge in [-0.2, -0.15) is 0 Å². The van der Waals surface area contributed by atoms with E-state index in [2.05, 4.69) is 44.5 Å². The molecule has 2 aliphatic heterocycles. The fraction of sp³-hybridized carbons (Fsp3) is 0.476. The van der Waals surface area contributed by atoms with Gasteiger partial charge in [-0.15, -0.1) is 0 Å². The van der Waals surface area contributed by atoms with E-state index in [9.17, 15) is 9.18 Å². The third-order valence-corrected chi connectivity index (χ3v) is 6.25. The van der Waals surface area contributed by atoms with Gasteiger partial charge in [-0.25, -0.2) is 19.2 Å². The lowest BCUT2D eigenvalue weighted by molar-refractivity contribution is 0.152. The van der Waals surface area contributed by atoms with E-state index in [1.165, 1.54) is 23.5 Å². The zero-order valence-corrected chi connectivity index (χ0v) is 15.8. The largest absolute Gasteiger partial charge is 0.341 e. The third kappa shape index (κ3) is 3.19. The Balaban J connectivity index is 1.38. The second-order valence-electron chi connectivity index (χ2n) is 8.21. The second kappa shape index (κ2) is 6.72. The van der Waals surface area contributed by atoms with E-state index >= 15 is 0 Å². The number of halogens is 1. The smallest absolute Gasteiger partial charge is 0.317 e. The minimum absolute atomic E-state index is 0.0493. The molecule has 3 aliphatic rings. The van der Waals surface area contributed by atoms with Crippen LogP contribution in [-0.2, 0) is 12.0 Å².